The molecule has 4 nitrogen and oxygen atoms in total. The lowest BCUT2D eigenvalue weighted by Gasteiger charge is -2.21. The van der Waals surface area contributed by atoms with Crippen LogP contribution in [0.2, 0.25) is 0 Å². The minimum Gasteiger partial charge on any atom is -0.355 e. The molecule has 1 rings (SSSR count). The normalized spacial score (nSPS) is 11.2. The molecule has 2 N–H and O–H groups in total. The van der Waals surface area contributed by atoms with Crippen molar-refractivity contribution in [1.82, 2.24) is 10.6 Å². The predicted molar refractivity (Wildman–Crippen MR) is 110 cm³/mol. The van der Waals surface area contributed by atoms with E-state index in [0.717, 1.165) is 30.6 Å². The molecule has 0 aromatic heterocycles. The molecule has 146 valence electrons. The second-order valence-electron chi connectivity index (χ2n) is 6.57. The fourth-order valence-electron chi connectivity index (χ4n) is 2.88. The van der Waals surface area contributed by atoms with Crippen LogP contribution < -0.4 is 10.6 Å². The SMILES string of the molecule is CCC(CC)C(=O)NCC(CNC(=O)C(CC)CC)Sc1ccccc1. The molecule has 1 aromatic carbocycles. The molecular formula is C21H34N2O2S. The van der Waals surface area contributed by atoms with Crippen molar-refractivity contribution in [3.05, 3.63) is 30.3 Å². The Balaban J connectivity index is 2.66. The van der Waals surface area contributed by atoms with Gasteiger partial charge in [0.25, 0.3) is 0 Å². The van der Waals surface area contributed by atoms with Gasteiger partial charge in [-0.15, -0.1) is 11.8 Å². The maximum Gasteiger partial charge on any atom is 0.223 e. The zero-order valence-electron chi connectivity index (χ0n) is 16.6. The third-order valence-electron chi connectivity index (χ3n) is 4.77. The minimum absolute atomic E-state index is 0.0662. The van der Waals surface area contributed by atoms with Crippen LogP contribution in [0, 0.1) is 11.8 Å². The molecule has 1 aromatic rings. The van der Waals surface area contributed by atoms with Crippen molar-refractivity contribution in [3.8, 4) is 0 Å². The minimum atomic E-state index is 0.0662. The van der Waals surface area contributed by atoms with Crippen LogP contribution in [0.4, 0.5) is 0 Å². The Labute approximate surface area is 162 Å². The first-order valence-electron chi connectivity index (χ1n) is 9.82. The van der Waals surface area contributed by atoms with Gasteiger partial charge in [-0.05, 0) is 37.8 Å². The molecule has 0 unspecified atom stereocenters. The Hall–Kier alpha value is -1.49. The van der Waals surface area contributed by atoms with E-state index in [2.05, 4.69) is 22.8 Å². The van der Waals surface area contributed by atoms with E-state index in [9.17, 15) is 9.59 Å². The first kappa shape index (κ1) is 22.6. The highest BCUT2D eigenvalue weighted by atomic mass is 32.2. The topological polar surface area (TPSA) is 58.2 Å². The van der Waals surface area contributed by atoms with Crippen molar-refractivity contribution in [2.24, 2.45) is 11.8 Å². The Kier molecular flexibility index (Phi) is 11.1. The number of hydrogen-bond donors (Lipinski definition) is 2. The smallest absolute Gasteiger partial charge is 0.223 e. The summed E-state index contributed by atoms with van der Waals surface area (Å²) >= 11 is 1.70. The van der Waals surface area contributed by atoms with Gasteiger partial charge in [0.1, 0.15) is 0 Å². The van der Waals surface area contributed by atoms with Crippen LogP contribution in [0.3, 0.4) is 0 Å². The van der Waals surface area contributed by atoms with Gasteiger partial charge in [-0.25, -0.2) is 0 Å². The van der Waals surface area contributed by atoms with Gasteiger partial charge >= 0.3 is 0 Å². The van der Waals surface area contributed by atoms with Crippen LogP contribution in [0.5, 0.6) is 0 Å². The number of rotatable bonds is 12. The van der Waals surface area contributed by atoms with Gasteiger partial charge in [0.15, 0.2) is 0 Å². The summed E-state index contributed by atoms with van der Waals surface area (Å²) in [6, 6.07) is 10.1. The zero-order chi connectivity index (χ0) is 19.4. The largest absolute Gasteiger partial charge is 0.355 e. The third-order valence-corrected chi connectivity index (χ3v) is 5.98. The fraction of sp³-hybridized carbons (Fsp3) is 0.619. The number of thioether (sulfide) groups is 1. The van der Waals surface area contributed by atoms with Crippen molar-refractivity contribution in [2.45, 2.75) is 63.5 Å². The molecule has 5 heteroatoms. The maximum atomic E-state index is 12.3. The molecule has 0 bridgehead atoms. The molecule has 0 heterocycles. The monoisotopic (exact) mass is 378 g/mol. The van der Waals surface area contributed by atoms with Gasteiger partial charge in [-0.3, -0.25) is 9.59 Å². The lowest BCUT2D eigenvalue weighted by molar-refractivity contribution is -0.125. The van der Waals surface area contributed by atoms with Gasteiger partial charge < -0.3 is 10.6 Å². The second-order valence-corrected chi connectivity index (χ2v) is 7.94. The molecule has 26 heavy (non-hydrogen) atoms. The highest BCUT2D eigenvalue weighted by molar-refractivity contribution is 8.00. The quantitative estimate of drug-likeness (QED) is 0.535. The molecule has 0 aliphatic heterocycles. The molecule has 0 aliphatic carbocycles. The number of benzene rings is 1. The molecular weight excluding hydrogens is 344 g/mol. The lowest BCUT2D eigenvalue weighted by Crippen LogP contribution is -2.41. The Bertz CT molecular complexity index is 500. The maximum absolute atomic E-state index is 12.3. The van der Waals surface area contributed by atoms with E-state index in [-0.39, 0.29) is 28.9 Å². The number of carbonyl (C=O) groups excluding carboxylic acids is 2. The van der Waals surface area contributed by atoms with E-state index < -0.39 is 0 Å². The van der Waals surface area contributed by atoms with E-state index in [1.54, 1.807) is 11.8 Å². The van der Waals surface area contributed by atoms with Crippen LogP contribution in [0.25, 0.3) is 0 Å². The first-order valence-corrected chi connectivity index (χ1v) is 10.7. The highest BCUT2D eigenvalue weighted by Gasteiger charge is 2.19. The van der Waals surface area contributed by atoms with E-state index in [1.165, 1.54) is 0 Å². The molecule has 0 saturated carbocycles. The summed E-state index contributed by atoms with van der Waals surface area (Å²) in [6.07, 6.45) is 3.41. The molecule has 2 amide bonds. The first-order chi connectivity index (χ1) is 12.5. The summed E-state index contributed by atoms with van der Waals surface area (Å²) in [5, 5.41) is 6.26. The van der Waals surface area contributed by atoms with Crippen LogP contribution in [-0.4, -0.2) is 30.2 Å². The average molecular weight is 379 g/mol. The molecule has 0 saturated heterocycles. The summed E-state index contributed by atoms with van der Waals surface area (Å²) in [6.45, 7) is 9.27. The van der Waals surface area contributed by atoms with Crippen molar-refractivity contribution in [3.63, 3.8) is 0 Å². The molecule has 0 atom stereocenters. The van der Waals surface area contributed by atoms with Gasteiger partial charge in [-0.2, -0.15) is 0 Å². The van der Waals surface area contributed by atoms with Crippen LogP contribution >= 0.6 is 11.8 Å². The number of carbonyl (C=O) groups is 2. The standard InChI is InChI=1S/C21H34N2O2S/c1-5-16(6-2)20(24)22-14-19(26-18-12-10-9-11-13-18)15-23-21(25)17(7-3)8-4/h9-13,16-17,19H,5-8,14-15H2,1-4H3,(H,22,24)(H,23,25). The summed E-state index contributed by atoms with van der Waals surface area (Å²) in [5.41, 5.74) is 0. The van der Waals surface area contributed by atoms with E-state index in [4.69, 9.17) is 0 Å². The summed E-state index contributed by atoms with van der Waals surface area (Å²) < 4.78 is 0. The Morgan fingerprint density at radius 1 is 0.808 bits per heavy atom. The van der Waals surface area contributed by atoms with E-state index in [0.29, 0.717) is 13.1 Å². The summed E-state index contributed by atoms with van der Waals surface area (Å²) in [7, 11) is 0. The number of hydrogen-bond acceptors (Lipinski definition) is 3. The molecule has 0 fully saturated rings. The Morgan fingerprint density at radius 2 is 1.23 bits per heavy atom. The van der Waals surface area contributed by atoms with Crippen LogP contribution in [0.1, 0.15) is 53.4 Å². The number of amides is 2. The average Bonchev–Trinajstić information content (AvgIpc) is 2.66. The molecule has 0 aliphatic rings. The van der Waals surface area contributed by atoms with Gasteiger partial charge in [0, 0.05) is 35.1 Å². The van der Waals surface area contributed by atoms with Crippen molar-refractivity contribution in [1.29, 1.82) is 0 Å². The van der Waals surface area contributed by atoms with Gasteiger partial charge in [-0.1, -0.05) is 45.9 Å². The van der Waals surface area contributed by atoms with Gasteiger partial charge in [0.05, 0.1) is 0 Å². The van der Waals surface area contributed by atoms with Crippen molar-refractivity contribution < 1.29 is 9.59 Å². The summed E-state index contributed by atoms with van der Waals surface area (Å²) in [5.74, 6) is 0.355. The van der Waals surface area contributed by atoms with Crippen LogP contribution in [-0.2, 0) is 9.59 Å². The predicted octanol–water partition coefficient (Wildman–Crippen LogP) is 4.25. The highest BCUT2D eigenvalue weighted by Crippen LogP contribution is 2.22. The van der Waals surface area contributed by atoms with Crippen molar-refractivity contribution >= 4 is 23.6 Å². The van der Waals surface area contributed by atoms with E-state index >= 15 is 0 Å². The van der Waals surface area contributed by atoms with Gasteiger partial charge in [0.2, 0.25) is 11.8 Å². The lowest BCUT2D eigenvalue weighted by atomic mass is 10.0. The Morgan fingerprint density at radius 3 is 1.62 bits per heavy atom. The second kappa shape index (κ2) is 12.8. The molecule has 0 radical (unpaired) electrons. The van der Waals surface area contributed by atoms with Crippen molar-refractivity contribution in [2.75, 3.05) is 13.1 Å². The molecule has 0 spiro atoms. The fourth-order valence-corrected chi connectivity index (χ4v) is 3.92. The van der Waals surface area contributed by atoms with Crippen LogP contribution in [0.15, 0.2) is 35.2 Å². The summed E-state index contributed by atoms with van der Waals surface area (Å²) in [4.78, 5) is 25.7. The van der Waals surface area contributed by atoms with E-state index in [1.807, 2.05) is 45.9 Å². The third kappa shape index (κ3) is 7.81. The zero-order valence-corrected chi connectivity index (χ0v) is 17.4. The number of nitrogens with one attached hydrogen (secondary N) is 2.